The van der Waals surface area contributed by atoms with Crippen molar-refractivity contribution in [2.45, 2.75) is 19.9 Å². The largest absolute Gasteiger partial charge is 0.479 e. The Morgan fingerprint density at radius 2 is 2.53 bits per heavy atom. The molecular formula is C9H13N3O3. The van der Waals surface area contributed by atoms with Crippen molar-refractivity contribution in [2.75, 3.05) is 6.61 Å². The summed E-state index contributed by atoms with van der Waals surface area (Å²) in [6.07, 6.45) is 4.86. The van der Waals surface area contributed by atoms with Gasteiger partial charge >= 0.3 is 5.97 Å². The molecule has 0 saturated carbocycles. The van der Waals surface area contributed by atoms with E-state index < -0.39 is 12.6 Å². The Bertz CT molecular complexity index is 357. The molecule has 6 heteroatoms. The zero-order valence-electron chi connectivity index (χ0n) is 8.62. The number of rotatable bonds is 5. The van der Waals surface area contributed by atoms with E-state index in [0.717, 1.165) is 5.56 Å². The molecule has 0 bridgehead atoms. The molecule has 0 aromatic carbocycles. The van der Waals surface area contributed by atoms with E-state index in [2.05, 4.69) is 15.1 Å². The molecule has 0 radical (unpaired) electrons. The number of aliphatic carboxylic acids is 1. The Labute approximate surface area is 87.1 Å². The molecule has 0 saturated heterocycles. The molecule has 15 heavy (non-hydrogen) atoms. The molecule has 0 spiro atoms. The first-order valence-corrected chi connectivity index (χ1v) is 4.51. The van der Waals surface area contributed by atoms with Gasteiger partial charge in [0, 0.05) is 17.8 Å². The first-order valence-electron chi connectivity index (χ1n) is 4.51. The highest BCUT2D eigenvalue weighted by Crippen LogP contribution is 2.03. The minimum atomic E-state index is -1.05. The lowest BCUT2D eigenvalue weighted by molar-refractivity contribution is -0.142. The Balaban J connectivity index is 2.46. The highest BCUT2D eigenvalue weighted by atomic mass is 16.6. The summed E-state index contributed by atoms with van der Waals surface area (Å²) in [7, 11) is 0. The van der Waals surface area contributed by atoms with Crippen LogP contribution in [0, 0.1) is 0 Å². The maximum absolute atomic E-state index is 10.1. The van der Waals surface area contributed by atoms with Gasteiger partial charge in [0.05, 0.1) is 12.4 Å². The first kappa shape index (κ1) is 11.2. The van der Waals surface area contributed by atoms with Gasteiger partial charge in [-0.3, -0.25) is 4.68 Å². The number of hydrogen-bond acceptors (Lipinski definition) is 4. The number of carbonyl (C=O) groups is 1. The van der Waals surface area contributed by atoms with Gasteiger partial charge in [-0.2, -0.15) is 5.10 Å². The van der Waals surface area contributed by atoms with Gasteiger partial charge in [-0.15, -0.1) is 0 Å². The van der Waals surface area contributed by atoms with Crippen LogP contribution in [0.1, 0.15) is 25.5 Å². The van der Waals surface area contributed by atoms with Gasteiger partial charge < -0.3 is 9.94 Å². The first-order chi connectivity index (χ1) is 7.09. The van der Waals surface area contributed by atoms with E-state index >= 15 is 0 Å². The highest BCUT2D eigenvalue weighted by molar-refractivity contribution is 5.78. The van der Waals surface area contributed by atoms with Crippen molar-refractivity contribution in [1.29, 1.82) is 0 Å². The number of carboxylic acids is 1. The minimum absolute atomic E-state index is 0.284. The van der Waals surface area contributed by atoms with Gasteiger partial charge in [-0.05, 0) is 13.8 Å². The fourth-order valence-corrected chi connectivity index (χ4v) is 0.892. The average Bonchev–Trinajstić information content (AvgIpc) is 2.60. The molecule has 82 valence electrons. The van der Waals surface area contributed by atoms with Crippen LogP contribution in [0.25, 0.3) is 0 Å². The summed E-state index contributed by atoms with van der Waals surface area (Å²) in [4.78, 5) is 14.6. The van der Waals surface area contributed by atoms with Gasteiger partial charge in [0.25, 0.3) is 0 Å². The van der Waals surface area contributed by atoms with Crippen LogP contribution in [-0.4, -0.2) is 33.7 Å². The second-order valence-corrected chi connectivity index (χ2v) is 3.25. The highest BCUT2D eigenvalue weighted by Gasteiger charge is 1.99. The lowest BCUT2D eigenvalue weighted by Crippen LogP contribution is -2.03. The number of nitrogens with zero attached hydrogens (tertiary/aromatic N) is 3. The molecule has 0 atom stereocenters. The van der Waals surface area contributed by atoms with E-state index in [1.807, 2.05) is 13.8 Å². The molecule has 0 aliphatic heterocycles. The third-order valence-corrected chi connectivity index (χ3v) is 1.61. The quantitative estimate of drug-likeness (QED) is 0.579. The predicted molar refractivity (Wildman–Crippen MR) is 53.8 cm³/mol. The third kappa shape index (κ3) is 3.80. The summed E-state index contributed by atoms with van der Waals surface area (Å²) < 4.78 is 1.78. The number of carboxylic acid groups (broad SMARTS) is 1. The van der Waals surface area contributed by atoms with Crippen molar-refractivity contribution in [3.8, 4) is 0 Å². The van der Waals surface area contributed by atoms with Crippen molar-refractivity contribution in [3.05, 3.63) is 18.0 Å². The SMILES string of the molecule is CC(C)n1cc(/C=N/OCC(=O)O)cn1. The lowest BCUT2D eigenvalue weighted by Gasteiger charge is -2.02. The van der Waals surface area contributed by atoms with Crippen molar-refractivity contribution in [2.24, 2.45) is 5.16 Å². The monoisotopic (exact) mass is 211 g/mol. The summed E-state index contributed by atoms with van der Waals surface area (Å²) in [6, 6.07) is 0.284. The molecule has 0 aliphatic rings. The topological polar surface area (TPSA) is 76.7 Å². The molecular weight excluding hydrogens is 198 g/mol. The molecule has 6 nitrogen and oxygen atoms in total. The molecule has 0 amide bonds. The summed E-state index contributed by atoms with van der Waals surface area (Å²) >= 11 is 0. The maximum atomic E-state index is 10.1. The normalized spacial score (nSPS) is 11.1. The average molecular weight is 211 g/mol. The molecule has 1 heterocycles. The van der Waals surface area contributed by atoms with Crippen LogP contribution in [0.5, 0.6) is 0 Å². The number of hydrogen-bond donors (Lipinski definition) is 1. The second kappa shape index (κ2) is 5.14. The van der Waals surface area contributed by atoms with Gasteiger partial charge in [-0.25, -0.2) is 4.79 Å². The van der Waals surface area contributed by atoms with E-state index in [-0.39, 0.29) is 6.04 Å². The second-order valence-electron chi connectivity index (χ2n) is 3.25. The summed E-state index contributed by atoms with van der Waals surface area (Å²) in [5.41, 5.74) is 0.772. The molecule has 0 aliphatic carbocycles. The minimum Gasteiger partial charge on any atom is -0.479 e. The van der Waals surface area contributed by atoms with Crippen LogP contribution in [-0.2, 0) is 9.63 Å². The van der Waals surface area contributed by atoms with Gasteiger partial charge in [0.15, 0.2) is 0 Å². The molecule has 1 aromatic rings. The van der Waals surface area contributed by atoms with Crippen LogP contribution in [0.15, 0.2) is 17.5 Å². The van der Waals surface area contributed by atoms with Crippen LogP contribution in [0.4, 0.5) is 0 Å². The van der Waals surface area contributed by atoms with E-state index in [9.17, 15) is 4.79 Å². The van der Waals surface area contributed by atoms with Gasteiger partial charge in [-0.1, -0.05) is 5.16 Å². The van der Waals surface area contributed by atoms with Crippen LogP contribution >= 0.6 is 0 Å². The van der Waals surface area contributed by atoms with Crippen molar-refractivity contribution in [3.63, 3.8) is 0 Å². The number of aromatic nitrogens is 2. The van der Waals surface area contributed by atoms with E-state index in [4.69, 9.17) is 5.11 Å². The van der Waals surface area contributed by atoms with Crippen LogP contribution < -0.4 is 0 Å². The smallest absolute Gasteiger partial charge is 0.344 e. The molecule has 1 N–H and O–H groups in total. The summed E-state index contributed by atoms with van der Waals surface area (Å²) in [6.45, 7) is 3.58. The Morgan fingerprint density at radius 3 is 3.07 bits per heavy atom. The summed E-state index contributed by atoms with van der Waals surface area (Å²) in [5.74, 6) is -1.05. The molecule has 0 fully saturated rings. The van der Waals surface area contributed by atoms with Crippen molar-refractivity contribution < 1.29 is 14.7 Å². The predicted octanol–water partition coefficient (Wildman–Crippen LogP) is 0.899. The third-order valence-electron chi connectivity index (χ3n) is 1.61. The fraction of sp³-hybridized carbons (Fsp3) is 0.444. The number of oxime groups is 1. The molecule has 1 rings (SSSR count). The fourth-order valence-electron chi connectivity index (χ4n) is 0.892. The summed E-state index contributed by atoms with van der Waals surface area (Å²) in [5, 5.41) is 15.9. The lowest BCUT2D eigenvalue weighted by atomic mass is 10.4. The van der Waals surface area contributed by atoms with Crippen LogP contribution in [0.3, 0.4) is 0 Å². The molecule has 0 unspecified atom stereocenters. The van der Waals surface area contributed by atoms with E-state index in [1.165, 1.54) is 6.21 Å². The maximum Gasteiger partial charge on any atom is 0.344 e. The Hall–Kier alpha value is -1.85. The molecule has 1 aromatic heterocycles. The van der Waals surface area contributed by atoms with Gasteiger partial charge in [0.2, 0.25) is 6.61 Å². The van der Waals surface area contributed by atoms with E-state index in [1.54, 1.807) is 17.1 Å². The Kier molecular flexibility index (Phi) is 3.84. The van der Waals surface area contributed by atoms with Crippen LogP contribution in [0.2, 0.25) is 0 Å². The zero-order chi connectivity index (χ0) is 11.3. The van der Waals surface area contributed by atoms with Crippen molar-refractivity contribution in [1.82, 2.24) is 9.78 Å². The van der Waals surface area contributed by atoms with E-state index in [0.29, 0.717) is 0 Å². The van der Waals surface area contributed by atoms with Gasteiger partial charge in [0.1, 0.15) is 0 Å². The zero-order valence-corrected chi connectivity index (χ0v) is 8.62. The standard InChI is InChI=1S/C9H13N3O3/c1-7(2)12-5-8(3-10-12)4-11-15-6-9(13)14/h3-5,7H,6H2,1-2H3,(H,13,14)/b11-4+. The Morgan fingerprint density at radius 1 is 1.80 bits per heavy atom. The van der Waals surface area contributed by atoms with Crippen molar-refractivity contribution >= 4 is 12.2 Å².